The van der Waals surface area contributed by atoms with E-state index in [4.69, 9.17) is 0 Å². The molecular weight excluding hydrogens is 460 g/mol. The summed E-state index contributed by atoms with van der Waals surface area (Å²) in [6, 6.07) is 19.6. The van der Waals surface area contributed by atoms with Crippen LogP contribution < -0.4 is 4.90 Å². The van der Waals surface area contributed by atoms with Gasteiger partial charge in [0.05, 0.1) is 0 Å². The molecule has 0 N–H and O–H groups in total. The van der Waals surface area contributed by atoms with E-state index in [-0.39, 0.29) is 11.8 Å². The molecule has 2 atom stereocenters. The Morgan fingerprint density at radius 2 is 1.54 bits per heavy atom. The van der Waals surface area contributed by atoms with E-state index in [1.165, 1.54) is 5.56 Å². The van der Waals surface area contributed by atoms with Crippen LogP contribution in [0.4, 0.5) is 5.69 Å². The number of hydrogen-bond acceptors (Lipinski definition) is 4. The Hall–Kier alpha value is -2.70. The largest absolute Gasteiger partial charge is 0.337 e. The molecule has 37 heavy (non-hydrogen) atoms. The number of benzene rings is 2. The maximum Gasteiger partial charge on any atom is 0.223 e. The van der Waals surface area contributed by atoms with Crippen LogP contribution in [0.3, 0.4) is 0 Å². The molecule has 2 fully saturated rings. The first-order valence-corrected chi connectivity index (χ1v) is 14.1. The van der Waals surface area contributed by atoms with Crippen molar-refractivity contribution in [3.63, 3.8) is 0 Å². The second-order valence-electron chi connectivity index (χ2n) is 11.4. The number of carbonyl (C=O) groups excluding carboxylic acids is 2. The third kappa shape index (κ3) is 6.24. The first-order valence-electron chi connectivity index (χ1n) is 14.1. The van der Waals surface area contributed by atoms with Crippen LogP contribution >= 0.6 is 0 Å². The van der Waals surface area contributed by atoms with Gasteiger partial charge < -0.3 is 14.7 Å². The zero-order valence-electron chi connectivity index (χ0n) is 22.5. The van der Waals surface area contributed by atoms with Gasteiger partial charge in [-0.3, -0.25) is 14.5 Å². The van der Waals surface area contributed by atoms with Crippen LogP contribution in [-0.2, 0) is 22.7 Å². The van der Waals surface area contributed by atoms with Gasteiger partial charge in [0.2, 0.25) is 11.8 Å². The number of anilines is 1. The number of piperidine rings is 1. The van der Waals surface area contributed by atoms with Crippen molar-refractivity contribution in [1.29, 1.82) is 0 Å². The number of rotatable bonds is 4. The highest BCUT2D eigenvalue weighted by Gasteiger charge is 2.37. The lowest BCUT2D eigenvalue weighted by atomic mass is 9.93. The minimum absolute atomic E-state index is 0.0695. The fourth-order valence-corrected chi connectivity index (χ4v) is 6.56. The molecule has 2 aromatic rings. The van der Waals surface area contributed by atoms with Gasteiger partial charge in [-0.1, -0.05) is 48.5 Å². The molecule has 2 amide bonds. The van der Waals surface area contributed by atoms with Gasteiger partial charge in [0.1, 0.15) is 0 Å². The van der Waals surface area contributed by atoms with Crippen molar-refractivity contribution in [2.45, 2.75) is 70.6 Å². The maximum atomic E-state index is 13.9. The normalized spacial score (nSPS) is 23.9. The van der Waals surface area contributed by atoms with Crippen LogP contribution in [0.25, 0.3) is 0 Å². The van der Waals surface area contributed by atoms with Gasteiger partial charge >= 0.3 is 0 Å². The molecule has 0 aliphatic carbocycles. The first-order chi connectivity index (χ1) is 18.0. The van der Waals surface area contributed by atoms with Crippen molar-refractivity contribution >= 4 is 17.5 Å². The minimum Gasteiger partial charge on any atom is -0.337 e. The smallest absolute Gasteiger partial charge is 0.223 e. The Morgan fingerprint density at radius 3 is 2.30 bits per heavy atom. The summed E-state index contributed by atoms with van der Waals surface area (Å²) in [6.07, 6.45) is 5.97. The average Bonchev–Trinajstić information content (AvgIpc) is 3.25. The third-order valence-corrected chi connectivity index (χ3v) is 8.77. The molecule has 2 saturated heterocycles. The summed E-state index contributed by atoms with van der Waals surface area (Å²) in [5, 5.41) is 0. The molecule has 3 aliphatic rings. The number of likely N-dealkylation sites (tertiary alicyclic amines) is 1. The van der Waals surface area contributed by atoms with E-state index < -0.39 is 0 Å². The van der Waals surface area contributed by atoms with Crippen LogP contribution in [-0.4, -0.2) is 71.8 Å². The van der Waals surface area contributed by atoms with Crippen LogP contribution in [0.2, 0.25) is 0 Å². The predicted molar refractivity (Wildman–Crippen MR) is 148 cm³/mol. The Bertz CT molecular complexity index is 1070. The van der Waals surface area contributed by atoms with Crippen LogP contribution in [0.5, 0.6) is 0 Å². The lowest BCUT2D eigenvalue weighted by Gasteiger charge is -2.35. The Labute approximate surface area is 222 Å². The molecule has 0 radical (unpaired) electrons. The van der Waals surface area contributed by atoms with Crippen LogP contribution in [0, 0.1) is 5.92 Å². The van der Waals surface area contributed by atoms with Gasteiger partial charge in [-0.2, -0.15) is 0 Å². The fourth-order valence-electron chi connectivity index (χ4n) is 6.56. The zero-order chi connectivity index (χ0) is 25.8. The number of nitrogens with zero attached hydrogens (tertiary/aromatic N) is 4. The van der Waals surface area contributed by atoms with Gasteiger partial charge in [0.15, 0.2) is 0 Å². The predicted octanol–water partition coefficient (Wildman–Crippen LogP) is 4.54. The van der Waals surface area contributed by atoms with Crippen molar-refractivity contribution in [1.82, 2.24) is 14.7 Å². The molecule has 0 spiro atoms. The van der Waals surface area contributed by atoms with Crippen molar-refractivity contribution in [3.05, 3.63) is 65.7 Å². The highest BCUT2D eigenvalue weighted by molar-refractivity contribution is 5.92. The molecule has 2 aromatic carbocycles. The van der Waals surface area contributed by atoms with Crippen molar-refractivity contribution in [2.75, 3.05) is 38.1 Å². The van der Waals surface area contributed by atoms with E-state index in [0.717, 1.165) is 69.5 Å². The Balaban J connectivity index is 1.44. The Kier molecular flexibility index (Phi) is 8.26. The SMILES string of the molecule is CC(=O)N1CC[C@@H]2CC[C@H](CN(C(=O)CC3CCN(C)CC3)Cc3ccccc31)N2Cc1ccccc1. The highest BCUT2D eigenvalue weighted by Crippen LogP contribution is 2.33. The maximum absolute atomic E-state index is 13.9. The lowest BCUT2D eigenvalue weighted by Crippen LogP contribution is -2.45. The number of amides is 2. The molecule has 0 saturated carbocycles. The third-order valence-electron chi connectivity index (χ3n) is 8.77. The number of carbonyl (C=O) groups is 2. The fraction of sp³-hybridized carbons (Fsp3) is 0.548. The van der Waals surface area contributed by atoms with Crippen LogP contribution in [0.15, 0.2) is 54.6 Å². The van der Waals surface area contributed by atoms with E-state index in [9.17, 15) is 9.59 Å². The molecule has 2 bridgehead atoms. The number of para-hydroxylation sites is 1. The second-order valence-corrected chi connectivity index (χ2v) is 11.4. The van der Waals surface area contributed by atoms with E-state index >= 15 is 0 Å². The van der Waals surface area contributed by atoms with E-state index in [1.807, 2.05) is 23.1 Å². The van der Waals surface area contributed by atoms with Crippen molar-refractivity contribution in [2.24, 2.45) is 5.92 Å². The number of fused-ring (bicyclic) bond motifs is 3. The summed E-state index contributed by atoms with van der Waals surface area (Å²) in [4.78, 5) is 35.7. The zero-order valence-corrected chi connectivity index (χ0v) is 22.5. The molecule has 3 heterocycles. The summed E-state index contributed by atoms with van der Waals surface area (Å²) in [5.74, 6) is 0.795. The van der Waals surface area contributed by atoms with Crippen LogP contribution in [0.1, 0.15) is 56.6 Å². The Morgan fingerprint density at radius 1 is 0.838 bits per heavy atom. The summed E-state index contributed by atoms with van der Waals surface area (Å²) in [5.41, 5.74) is 3.34. The summed E-state index contributed by atoms with van der Waals surface area (Å²) < 4.78 is 0. The quantitative estimate of drug-likeness (QED) is 0.616. The number of hydrogen-bond donors (Lipinski definition) is 0. The van der Waals surface area contributed by atoms with Gasteiger partial charge in [-0.25, -0.2) is 0 Å². The summed E-state index contributed by atoms with van der Waals surface area (Å²) >= 11 is 0. The topological polar surface area (TPSA) is 47.1 Å². The molecule has 198 valence electrons. The molecule has 5 rings (SSSR count). The minimum atomic E-state index is 0.0695. The highest BCUT2D eigenvalue weighted by atomic mass is 16.2. The van der Waals surface area contributed by atoms with E-state index in [1.54, 1.807) is 6.92 Å². The first kappa shape index (κ1) is 25.9. The molecular formula is C31H42N4O2. The van der Waals surface area contributed by atoms with Gasteiger partial charge in [-0.15, -0.1) is 0 Å². The summed E-state index contributed by atoms with van der Waals surface area (Å²) in [7, 11) is 2.17. The summed E-state index contributed by atoms with van der Waals surface area (Å²) in [6.45, 7) is 6.72. The molecule has 0 aromatic heterocycles. The van der Waals surface area contributed by atoms with Gasteiger partial charge in [0.25, 0.3) is 0 Å². The van der Waals surface area contributed by atoms with E-state index in [0.29, 0.717) is 37.5 Å². The monoisotopic (exact) mass is 502 g/mol. The molecule has 3 aliphatic heterocycles. The molecule has 0 unspecified atom stereocenters. The van der Waals surface area contributed by atoms with Crippen molar-refractivity contribution < 1.29 is 9.59 Å². The van der Waals surface area contributed by atoms with Gasteiger partial charge in [-0.05, 0) is 75.4 Å². The lowest BCUT2D eigenvalue weighted by molar-refractivity contribution is -0.134. The van der Waals surface area contributed by atoms with Crippen molar-refractivity contribution in [3.8, 4) is 0 Å². The average molecular weight is 503 g/mol. The molecule has 6 heteroatoms. The second kappa shape index (κ2) is 11.8. The van der Waals surface area contributed by atoms with Gasteiger partial charge in [0, 0.05) is 57.3 Å². The standard InChI is InChI=1S/C31H42N4O2/c1-24(36)34-19-16-28-12-13-29(35(28)21-26-8-4-3-5-9-26)23-33(22-27-10-6-7-11-30(27)34)31(37)20-25-14-17-32(2)18-15-25/h3-11,25,28-29H,12-23H2,1-2H3/t28-,29+/m0/s1. The van der Waals surface area contributed by atoms with E-state index in [2.05, 4.69) is 58.1 Å². The molecule has 6 nitrogen and oxygen atoms in total.